The highest BCUT2D eigenvalue weighted by Crippen LogP contribution is 2.37. The van der Waals surface area contributed by atoms with Crippen molar-refractivity contribution in [1.29, 1.82) is 0 Å². The lowest BCUT2D eigenvalue weighted by molar-refractivity contribution is -0.127. The zero-order valence-electron chi connectivity index (χ0n) is 21.7. The van der Waals surface area contributed by atoms with Crippen molar-refractivity contribution >= 4 is 51.4 Å². The molecule has 1 aliphatic rings. The van der Waals surface area contributed by atoms with Crippen LogP contribution in [0.25, 0.3) is 16.8 Å². The van der Waals surface area contributed by atoms with E-state index in [1.54, 1.807) is 6.08 Å². The highest BCUT2D eigenvalue weighted by molar-refractivity contribution is 8.18. The molecule has 5 rings (SSSR count). The van der Waals surface area contributed by atoms with E-state index in [-0.39, 0.29) is 11.4 Å². The van der Waals surface area contributed by atoms with E-state index in [2.05, 4.69) is 19.2 Å². The Bertz CT molecular complexity index is 1560. The minimum absolute atomic E-state index is 0.245. The molecule has 0 spiro atoms. The van der Waals surface area contributed by atoms with Gasteiger partial charge in [0.2, 0.25) is 5.91 Å². The van der Waals surface area contributed by atoms with E-state index in [0.29, 0.717) is 29.5 Å². The van der Waals surface area contributed by atoms with Crippen LogP contribution in [0.5, 0.6) is 5.75 Å². The van der Waals surface area contributed by atoms with Crippen molar-refractivity contribution in [1.82, 2.24) is 4.90 Å². The van der Waals surface area contributed by atoms with Gasteiger partial charge in [-0.2, -0.15) is 0 Å². The van der Waals surface area contributed by atoms with Crippen LogP contribution in [0, 0.1) is 0 Å². The van der Waals surface area contributed by atoms with Gasteiger partial charge in [0, 0.05) is 11.3 Å². The molecule has 7 heteroatoms. The SMILES string of the molecule is CC(C)c1ccc(NC(=O)CN2C(=O)S/C(=C/c3c(OCc4ccccc4)ccc4ccccc34)C2=O)cc1. The van der Waals surface area contributed by atoms with Crippen LogP contribution in [0.15, 0.2) is 95.9 Å². The van der Waals surface area contributed by atoms with Gasteiger partial charge in [-0.05, 0) is 63.9 Å². The molecule has 1 N–H and O–H groups in total. The smallest absolute Gasteiger partial charge is 0.294 e. The first-order valence-electron chi connectivity index (χ1n) is 12.7. The molecule has 0 atom stereocenters. The Hall–Kier alpha value is -4.36. The first-order valence-corrected chi connectivity index (χ1v) is 13.5. The Balaban J connectivity index is 1.36. The zero-order chi connectivity index (χ0) is 27.4. The number of carbonyl (C=O) groups excluding carboxylic acids is 3. The number of ether oxygens (including phenoxy) is 1. The second kappa shape index (κ2) is 11.6. The topological polar surface area (TPSA) is 75.7 Å². The van der Waals surface area contributed by atoms with Crippen molar-refractivity contribution in [3.05, 3.63) is 113 Å². The fourth-order valence-electron chi connectivity index (χ4n) is 4.35. The normalized spacial score (nSPS) is 14.4. The quantitative estimate of drug-likeness (QED) is 0.241. The lowest BCUT2D eigenvalue weighted by Crippen LogP contribution is -2.36. The zero-order valence-corrected chi connectivity index (χ0v) is 22.5. The van der Waals surface area contributed by atoms with Gasteiger partial charge < -0.3 is 10.1 Å². The molecule has 1 fully saturated rings. The van der Waals surface area contributed by atoms with Gasteiger partial charge in [-0.3, -0.25) is 19.3 Å². The minimum atomic E-state index is -0.503. The molecule has 39 heavy (non-hydrogen) atoms. The monoisotopic (exact) mass is 536 g/mol. The van der Waals surface area contributed by atoms with Crippen molar-refractivity contribution in [2.24, 2.45) is 0 Å². The first kappa shape index (κ1) is 26.3. The van der Waals surface area contributed by atoms with Crippen molar-refractivity contribution in [3.8, 4) is 5.75 Å². The molecule has 1 saturated heterocycles. The van der Waals surface area contributed by atoms with E-state index >= 15 is 0 Å². The average molecular weight is 537 g/mol. The second-order valence-electron chi connectivity index (χ2n) is 9.57. The van der Waals surface area contributed by atoms with Crippen molar-refractivity contribution in [2.45, 2.75) is 26.4 Å². The molecule has 3 amide bonds. The van der Waals surface area contributed by atoms with Crippen molar-refractivity contribution in [3.63, 3.8) is 0 Å². The fourth-order valence-corrected chi connectivity index (χ4v) is 5.17. The third kappa shape index (κ3) is 6.04. The van der Waals surface area contributed by atoms with E-state index in [9.17, 15) is 14.4 Å². The molecule has 4 aromatic rings. The van der Waals surface area contributed by atoms with Crippen LogP contribution in [0.2, 0.25) is 0 Å². The van der Waals surface area contributed by atoms with Gasteiger partial charge in [0.25, 0.3) is 11.1 Å². The van der Waals surface area contributed by atoms with Gasteiger partial charge in [-0.15, -0.1) is 0 Å². The molecule has 0 unspecified atom stereocenters. The summed E-state index contributed by atoms with van der Waals surface area (Å²) in [7, 11) is 0. The molecule has 4 aromatic carbocycles. The number of fused-ring (bicyclic) bond motifs is 1. The number of carbonyl (C=O) groups is 3. The van der Waals surface area contributed by atoms with E-state index in [1.807, 2.05) is 91.0 Å². The molecule has 196 valence electrons. The number of amides is 3. The number of nitrogens with one attached hydrogen (secondary N) is 1. The molecular weight excluding hydrogens is 508 g/mol. The molecule has 1 aliphatic heterocycles. The maximum absolute atomic E-state index is 13.2. The van der Waals surface area contributed by atoms with Gasteiger partial charge in [0.1, 0.15) is 18.9 Å². The number of thioether (sulfide) groups is 1. The molecule has 0 bridgehead atoms. The van der Waals surface area contributed by atoms with Gasteiger partial charge in [0.15, 0.2) is 0 Å². The van der Waals surface area contributed by atoms with Crippen LogP contribution in [-0.2, 0) is 16.2 Å². The average Bonchev–Trinajstić information content (AvgIpc) is 3.20. The van der Waals surface area contributed by atoms with Crippen LogP contribution in [0.1, 0.15) is 36.5 Å². The predicted molar refractivity (Wildman–Crippen MR) is 157 cm³/mol. The maximum atomic E-state index is 13.2. The highest BCUT2D eigenvalue weighted by atomic mass is 32.2. The molecule has 0 radical (unpaired) electrons. The van der Waals surface area contributed by atoms with Crippen molar-refractivity contribution in [2.75, 3.05) is 11.9 Å². The fraction of sp³-hybridized carbons (Fsp3) is 0.156. The molecule has 0 aromatic heterocycles. The largest absolute Gasteiger partial charge is 0.488 e. The lowest BCUT2D eigenvalue weighted by Gasteiger charge is -2.14. The van der Waals surface area contributed by atoms with Crippen LogP contribution in [0.3, 0.4) is 0 Å². The summed E-state index contributed by atoms with van der Waals surface area (Å²) in [6.45, 7) is 4.19. The Labute approximate surface area is 231 Å². The summed E-state index contributed by atoms with van der Waals surface area (Å²) in [6.07, 6.45) is 1.69. The summed E-state index contributed by atoms with van der Waals surface area (Å²) in [5, 5.41) is 4.17. The van der Waals surface area contributed by atoms with E-state index in [0.717, 1.165) is 38.6 Å². The number of anilines is 1. The van der Waals surface area contributed by atoms with Crippen molar-refractivity contribution < 1.29 is 19.1 Å². The van der Waals surface area contributed by atoms with Gasteiger partial charge in [0.05, 0.1) is 4.91 Å². The van der Waals surface area contributed by atoms with E-state index in [1.165, 1.54) is 0 Å². The number of nitrogens with zero attached hydrogens (tertiary/aromatic N) is 1. The summed E-state index contributed by atoms with van der Waals surface area (Å²) in [4.78, 5) is 39.9. The maximum Gasteiger partial charge on any atom is 0.294 e. The standard InChI is InChI=1S/C32H28N2O4S/c1-21(2)23-12-15-25(16-13-23)33-30(35)19-34-31(36)29(39-32(34)37)18-27-26-11-7-6-10-24(26)14-17-28(27)38-20-22-8-4-3-5-9-22/h3-18,21H,19-20H2,1-2H3,(H,33,35)/b29-18+. The Morgan fingerprint density at radius 2 is 1.64 bits per heavy atom. The molecule has 0 aliphatic carbocycles. The molecule has 6 nitrogen and oxygen atoms in total. The number of benzene rings is 4. The van der Waals surface area contributed by atoms with Crippen LogP contribution in [0.4, 0.5) is 10.5 Å². The Kier molecular flexibility index (Phi) is 7.79. The van der Waals surface area contributed by atoms with Crippen LogP contribution in [-0.4, -0.2) is 28.5 Å². The lowest BCUT2D eigenvalue weighted by atomic mass is 10.0. The molecule has 1 heterocycles. The third-order valence-corrected chi connectivity index (χ3v) is 7.39. The highest BCUT2D eigenvalue weighted by Gasteiger charge is 2.36. The first-order chi connectivity index (χ1) is 18.9. The summed E-state index contributed by atoms with van der Waals surface area (Å²) in [5.74, 6) is 0.0416. The predicted octanol–water partition coefficient (Wildman–Crippen LogP) is 7.22. The van der Waals surface area contributed by atoms with E-state index < -0.39 is 17.1 Å². The number of rotatable bonds is 8. The summed E-state index contributed by atoms with van der Waals surface area (Å²) < 4.78 is 6.16. The van der Waals surface area contributed by atoms with Crippen LogP contribution < -0.4 is 10.1 Å². The number of hydrogen-bond acceptors (Lipinski definition) is 5. The van der Waals surface area contributed by atoms with Gasteiger partial charge >= 0.3 is 0 Å². The van der Waals surface area contributed by atoms with E-state index in [4.69, 9.17) is 4.74 Å². The Morgan fingerprint density at radius 1 is 0.923 bits per heavy atom. The summed E-state index contributed by atoms with van der Waals surface area (Å²) in [5.41, 5.74) is 3.50. The molecular formula is C32H28N2O4S. The third-order valence-electron chi connectivity index (χ3n) is 6.48. The minimum Gasteiger partial charge on any atom is -0.488 e. The van der Waals surface area contributed by atoms with Gasteiger partial charge in [-0.25, -0.2) is 0 Å². The van der Waals surface area contributed by atoms with Crippen LogP contribution >= 0.6 is 11.8 Å². The van der Waals surface area contributed by atoms with Gasteiger partial charge in [-0.1, -0.05) is 86.6 Å². The number of imide groups is 1. The summed E-state index contributed by atoms with van der Waals surface area (Å²) >= 11 is 0.825. The molecule has 0 saturated carbocycles. The second-order valence-corrected chi connectivity index (χ2v) is 10.6. The summed E-state index contributed by atoms with van der Waals surface area (Å²) in [6, 6.07) is 29.0. The Morgan fingerprint density at radius 3 is 2.38 bits per heavy atom. The number of hydrogen-bond donors (Lipinski definition) is 1.